The van der Waals surface area contributed by atoms with Gasteiger partial charge in [0.05, 0.1) is 5.52 Å². The van der Waals surface area contributed by atoms with Gasteiger partial charge in [-0.15, -0.1) is 51.7 Å². The second kappa shape index (κ2) is 14.4. The van der Waals surface area contributed by atoms with Crippen LogP contribution in [0.4, 0.5) is 0 Å². The fourth-order valence-corrected chi connectivity index (χ4v) is 11.9. The van der Waals surface area contributed by atoms with E-state index in [1.165, 1.54) is 33.4 Å². The summed E-state index contributed by atoms with van der Waals surface area (Å²) >= 11 is 0. The van der Waals surface area contributed by atoms with E-state index in [1.54, 1.807) is 0 Å². The number of nitrogens with zero attached hydrogens (tertiary/aromatic N) is 1. The first-order valence-corrected chi connectivity index (χ1v) is 20.9. The fourth-order valence-electron chi connectivity index (χ4n) is 9.26. The average molecular weight is 928 g/mol. The van der Waals surface area contributed by atoms with Crippen LogP contribution in [0.1, 0.15) is 47.2 Å². The van der Waals surface area contributed by atoms with Crippen LogP contribution in [0.5, 0.6) is 0 Å². The van der Waals surface area contributed by atoms with Crippen LogP contribution >= 0.6 is 7.14 Å². The van der Waals surface area contributed by atoms with Crippen LogP contribution in [0, 0.1) is 12.1 Å². The standard InChI is InChI=1S/C31H22N.C22H16OP.Ir/c1-30-22-10-4-6-12-24(22)31(2,25-13-7-5-11-23(25)30)27-19-21(15-17-26(27)30)29-18-16-20-9-3-8-14-28(20)32-29;23-24(20-11-3-1-4-12-20,21-13-5-2-6-14-21)22-16-15-18-9-7-8-10-19(18)17-22;/h3-14,16-19H,1-2H3;1-15,17H;/q2*-1;. The van der Waals surface area contributed by atoms with Crippen LogP contribution in [-0.2, 0) is 35.5 Å². The van der Waals surface area contributed by atoms with Crippen LogP contribution in [0.25, 0.3) is 32.9 Å². The minimum absolute atomic E-state index is 0. The summed E-state index contributed by atoms with van der Waals surface area (Å²) in [6.07, 6.45) is 0. The first-order valence-electron chi connectivity index (χ1n) is 19.2. The van der Waals surface area contributed by atoms with Gasteiger partial charge < -0.3 is 4.57 Å². The summed E-state index contributed by atoms with van der Waals surface area (Å²) in [5.74, 6) is 0. The Labute approximate surface area is 348 Å². The molecule has 0 N–H and O–H groups in total. The summed E-state index contributed by atoms with van der Waals surface area (Å²) in [5.41, 5.74) is 11.1. The van der Waals surface area contributed by atoms with Crippen molar-refractivity contribution in [3.8, 4) is 11.3 Å². The van der Waals surface area contributed by atoms with E-state index in [2.05, 4.69) is 117 Å². The zero-order valence-electron chi connectivity index (χ0n) is 31.6. The van der Waals surface area contributed by atoms with Gasteiger partial charge in [0.25, 0.3) is 0 Å². The molecule has 0 saturated heterocycles. The molecule has 277 valence electrons. The summed E-state index contributed by atoms with van der Waals surface area (Å²) in [7, 11) is -2.94. The minimum atomic E-state index is -2.94. The summed E-state index contributed by atoms with van der Waals surface area (Å²) in [4.78, 5) is 4.95. The Kier molecular flexibility index (Phi) is 9.30. The number of aromatic nitrogens is 1. The fraction of sp³-hybridized carbons (Fsp3) is 0.0755. The molecule has 0 saturated carbocycles. The van der Waals surface area contributed by atoms with E-state index in [0.29, 0.717) is 0 Å². The third-order valence-electron chi connectivity index (χ3n) is 12.2. The van der Waals surface area contributed by atoms with Crippen LogP contribution < -0.4 is 15.9 Å². The summed E-state index contributed by atoms with van der Waals surface area (Å²) < 4.78 is 14.2. The number of hydrogen-bond acceptors (Lipinski definition) is 2. The number of rotatable bonds is 4. The quantitative estimate of drug-likeness (QED) is 0.130. The second-order valence-electron chi connectivity index (χ2n) is 15.1. The average Bonchev–Trinajstić information content (AvgIpc) is 3.28. The van der Waals surface area contributed by atoms with Crippen molar-refractivity contribution >= 4 is 44.7 Å². The minimum Gasteiger partial charge on any atom is -0.311 e. The van der Waals surface area contributed by atoms with E-state index in [1.807, 2.05) is 103 Å². The molecule has 0 aliphatic heterocycles. The van der Waals surface area contributed by atoms with Crippen LogP contribution in [0.3, 0.4) is 0 Å². The van der Waals surface area contributed by atoms with Crippen molar-refractivity contribution in [2.45, 2.75) is 24.7 Å². The van der Waals surface area contributed by atoms with Crippen molar-refractivity contribution in [1.82, 2.24) is 4.98 Å². The Morgan fingerprint density at radius 3 is 1.54 bits per heavy atom. The Balaban J connectivity index is 0.000000152. The largest absolute Gasteiger partial charge is 0.311 e. The molecular weight excluding hydrogens is 890 g/mol. The molecule has 12 rings (SSSR count). The molecular formula is C53H38IrNOP-2. The van der Waals surface area contributed by atoms with Crippen molar-refractivity contribution in [3.05, 3.63) is 240 Å². The van der Waals surface area contributed by atoms with Gasteiger partial charge in [-0.05, 0) is 46.3 Å². The maximum Gasteiger partial charge on any atom is 0.147 e. The molecule has 0 amide bonds. The van der Waals surface area contributed by atoms with Gasteiger partial charge in [-0.1, -0.05) is 170 Å². The third kappa shape index (κ3) is 5.72. The molecule has 2 bridgehead atoms. The second-order valence-corrected chi connectivity index (χ2v) is 17.9. The topological polar surface area (TPSA) is 30.0 Å². The van der Waals surface area contributed by atoms with Crippen LogP contribution in [-0.4, -0.2) is 4.98 Å². The first kappa shape index (κ1) is 36.9. The van der Waals surface area contributed by atoms with E-state index in [0.717, 1.165) is 48.8 Å². The maximum atomic E-state index is 14.2. The van der Waals surface area contributed by atoms with Crippen LogP contribution in [0.2, 0.25) is 0 Å². The number of hydrogen-bond donors (Lipinski definition) is 0. The zero-order chi connectivity index (χ0) is 37.9. The van der Waals surface area contributed by atoms with Gasteiger partial charge in [0, 0.05) is 41.5 Å². The van der Waals surface area contributed by atoms with E-state index >= 15 is 0 Å². The molecule has 57 heavy (non-hydrogen) atoms. The molecule has 2 nitrogen and oxygen atoms in total. The van der Waals surface area contributed by atoms with Crippen LogP contribution in [0.15, 0.2) is 194 Å². The Bertz CT molecular complexity index is 2900. The van der Waals surface area contributed by atoms with Crippen molar-refractivity contribution in [2.75, 3.05) is 0 Å². The van der Waals surface area contributed by atoms with Gasteiger partial charge >= 0.3 is 0 Å². The molecule has 0 fully saturated rings. The Hall–Kier alpha value is -5.69. The monoisotopic (exact) mass is 928 g/mol. The van der Waals surface area contributed by atoms with Crippen molar-refractivity contribution < 1.29 is 24.7 Å². The van der Waals surface area contributed by atoms with E-state index in [4.69, 9.17) is 4.98 Å². The molecule has 9 aromatic rings. The van der Waals surface area contributed by atoms with Crippen molar-refractivity contribution in [1.29, 1.82) is 0 Å². The third-order valence-corrected chi connectivity index (χ3v) is 15.1. The number of benzene rings is 8. The molecule has 1 heterocycles. The number of fused-ring (bicyclic) bond motifs is 2. The summed E-state index contributed by atoms with van der Waals surface area (Å²) in [6, 6.07) is 73.4. The summed E-state index contributed by atoms with van der Waals surface area (Å²) in [5, 5.41) is 5.77. The maximum absolute atomic E-state index is 14.2. The smallest absolute Gasteiger partial charge is 0.147 e. The van der Waals surface area contributed by atoms with Gasteiger partial charge in [-0.25, -0.2) is 0 Å². The molecule has 3 aliphatic rings. The molecule has 0 unspecified atom stereocenters. The normalized spacial score (nSPS) is 17.4. The molecule has 4 heteroatoms. The summed E-state index contributed by atoms with van der Waals surface area (Å²) in [6.45, 7) is 4.77. The zero-order valence-corrected chi connectivity index (χ0v) is 34.9. The molecule has 1 aromatic heterocycles. The SMILES string of the molecule is CC12c3c[c-]c(-c4ccc5ccccc5n4)cc3C(C)(c3ccccc31)c1ccccc12.O=P(c1[c-]cc2ccccc2c1)(c1ccccc1)c1ccccc1.[Ir]. The van der Waals surface area contributed by atoms with Gasteiger partial charge in [-0.3, -0.25) is 4.98 Å². The molecule has 1 radical (unpaired) electrons. The predicted octanol–water partition coefficient (Wildman–Crippen LogP) is 11.3. The van der Waals surface area contributed by atoms with E-state index in [-0.39, 0.29) is 30.9 Å². The first-order chi connectivity index (χ1) is 27.4. The molecule has 3 aliphatic carbocycles. The van der Waals surface area contributed by atoms with Gasteiger partial charge in [0.15, 0.2) is 0 Å². The Morgan fingerprint density at radius 1 is 0.456 bits per heavy atom. The number of pyridine rings is 1. The van der Waals surface area contributed by atoms with E-state index < -0.39 is 7.14 Å². The van der Waals surface area contributed by atoms with Gasteiger partial charge in [0.1, 0.15) is 7.14 Å². The van der Waals surface area contributed by atoms with E-state index in [9.17, 15) is 4.57 Å². The van der Waals surface area contributed by atoms with Gasteiger partial charge in [0.2, 0.25) is 0 Å². The molecule has 0 atom stereocenters. The van der Waals surface area contributed by atoms with Gasteiger partial charge in [-0.2, -0.15) is 18.2 Å². The number of para-hydroxylation sites is 1. The van der Waals surface area contributed by atoms with Crippen molar-refractivity contribution in [2.24, 2.45) is 0 Å². The molecule has 0 spiro atoms. The predicted molar refractivity (Wildman–Crippen MR) is 232 cm³/mol. The molecule has 8 aromatic carbocycles. The Morgan fingerprint density at radius 2 is 0.947 bits per heavy atom. The van der Waals surface area contributed by atoms with Crippen molar-refractivity contribution in [3.63, 3.8) is 0 Å².